The molecule has 0 fully saturated rings. The summed E-state index contributed by atoms with van der Waals surface area (Å²) in [6.07, 6.45) is -4.42. The molecule has 2 N–H and O–H groups in total. The summed E-state index contributed by atoms with van der Waals surface area (Å²) in [5.41, 5.74) is 0.970. The number of alkyl halides is 3. The van der Waals surface area contributed by atoms with Crippen LogP contribution < -0.4 is 10.9 Å². The second-order valence-corrected chi connectivity index (χ2v) is 6.79. The topological polar surface area (TPSA) is 87.7 Å². The van der Waals surface area contributed by atoms with E-state index in [9.17, 15) is 22.8 Å². The molecule has 0 aliphatic carbocycles. The van der Waals surface area contributed by atoms with Crippen LogP contribution in [0.25, 0.3) is 11.4 Å². The van der Waals surface area contributed by atoms with Crippen LogP contribution in [0.3, 0.4) is 0 Å². The lowest BCUT2D eigenvalue weighted by atomic mass is 10.1. The normalized spacial score (nSPS) is 11.3. The zero-order valence-electron chi connectivity index (χ0n) is 16.1. The number of aromatic nitrogens is 3. The zero-order chi connectivity index (χ0) is 21.7. The number of carbonyl (C=O) groups is 1. The van der Waals surface area contributed by atoms with Crippen LogP contribution in [0, 0.1) is 6.92 Å². The molecule has 9 heteroatoms. The minimum Gasteiger partial charge on any atom is -0.352 e. The molecule has 30 heavy (non-hydrogen) atoms. The molecule has 0 unspecified atom stereocenters. The van der Waals surface area contributed by atoms with Gasteiger partial charge in [-0.25, -0.2) is 0 Å². The number of nitrogens with one attached hydrogen (secondary N) is 2. The number of carbonyl (C=O) groups excluding carboxylic acids is 1. The van der Waals surface area contributed by atoms with Crippen LogP contribution in [0.1, 0.15) is 28.8 Å². The summed E-state index contributed by atoms with van der Waals surface area (Å²) < 4.78 is 38.2. The summed E-state index contributed by atoms with van der Waals surface area (Å²) in [5.74, 6) is -0.0715. The van der Waals surface area contributed by atoms with Gasteiger partial charge < -0.3 is 10.3 Å². The van der Waals surface area contributed by atoms with E-state index in [1.54, 1.807) is 6.07 Å². The molecule has 1 aromatic heterocycles. The fraction of sp³-hybridized carbons (Fsp3) is 0.238. The van der Waals surface area contributed by atoms with Crippen molar-refractivity contribution in [1.82, 2.24) is 20.5 Å². The zero-order valence-corrected chi connectivity index (χ0v) is 16.1. The highest BCUT2D eigenvalue weighted by Gasteiger charge is 2.30. The van der Waals surface area contributed by atoms with E-state index in [2.05, 4.69) is 20.5 Å². The second kappa shape index (κ2) is 8.89. The van der Waals surface area contributed by atoms with Gasteiger partial charge in [0, 0.05) is 24.9 Å². The molecule has 0 aliphatic heterocycles. The molecule has 0 spiro atoms. The molecule has 0 saturated carbocycles. The molecule has 3 rings (SSSR count). The Bertz CT molecular complexity index is 1110. The molecule has 0 atom stereocenters. The molecule has 3 aromatic rings. The molecule has 2 aromatic carbocycles. The number of hydrogen-bond donors (Lipinski definition) is 2. The molecular formula is C21H19F3N4O2. The summed E-state index contributed by atoms with van der Waals surface area (Å²) in [6, 6.07) is 12.2. The van der Waals surface area contributed by atoms with E-state index in [-0.39, 0.29) is 25.1 Å². The van der Waals surface area contributed by atoms with Gasteiger partial charge in [-0.05, 0) is 30.7 Å². The van der Waals surface area contributed by atoms with E-state index in [0.717, 1.165) is 23.3 Å². The number of aryl methyl sites for hydroxylation is 2. The smallest absolute Gasteiger partial charge is 0.352 e. The highest BCUT2D eigenvalue weighted by Crippen LogP contribution is 2.29. The largest absolute Gasteiger partial charge is 0.416 e. The highest BCUT2D eigenvalue weighted by molar-refractivity contribution is 5.76. The first-order valence-corrected chi connectivity index (χ1v) is 9.18. The minimum atomic E-state index is -4.44. The monoisotopic (exact) mass is 416 g/mol. The van der Waals surface area contributed by atoms with Crippen molar-refractivity contribution in [2.75, 3.05) is 0 Å². The standard InChI is InChI=1S/C21H19F3N4O2/c1-13-4-2-6-15(10-13)19-26-20(30)17(27-28-19)8-9-18(29)25-12-14-5-3-7-16(11-14)21(22,23)24/h2-7,10-11H,8-9,12H2,1H3,(H,25,29)(H,26,28,30). The fourth-order valence-corrected chi connectivity index (χ4v) is 2.82. The molecule has 1 amide bonds. The van der Waals surface area contributed by atoms with Gasteiger partial charge in [-0.1, -0.05) is 35.9 Å². The first-order chi connectivity index (χ1) is 14.2. The molecule has 0 radical (unpaired) electrons. The van der Waals surface area contributed by atoms with Crippen LogP contribution in [0.2, 0.25) is 0 Å². The number of aromatic amines is 1. The van der Waals surface area contributed by atoms with Crippen LogP contribution in [0.4, 0.5) is 13.2 Å². The lowest BCUT2D eigenvalue weighted by molar-refractivity contribution is -0.137. The van der Waals surface area contributed by atoms with Crippen molar-refractivity contribution in [2.45, 2.75) is 32.5 Å². The average Bonchev–Trinajstić information content (AvgIpc) is 2.71. The average molecular weight is 416 g/mol. The number of halogens is 3. The van der Waals surface area contributed by atoms with Crippen molar-refractivity contribution in [3.05, 3.63) is 81.3 Å². The van der Waals surface area contributed by atoms with Crippen LogP contribution >= 0.6 is 0 Å². The van der Waals surface area contributed by atoms with E-state index in [4.69, 9.17) is 0 Å². The van der Waals surface area contributed by atoms with Crippen molar-refractivity contribution >= 4 is 5.91 Å². The Morgan fingerprint density at radius 1 is 1.10 bits per heavy atom. The Balaban J connectivity index is 1.57. The van der Waals surface area contributed by atoms with Crippen molar-refractivity contribution in [1.29, 1.82) is 0 Å². The third kappa shape index (κ3) is 5.53. The summed E-state index contributed by atoms with van der Waals surface area (Å²) >= 11 is 0. The van der Waals surface area contributed by atoms with E-state index in [0.29, 0.717) is 11.4 Å². The lowest BCUT2D eigenvalue weighted by Crippen LogP contribution is -2.25. The summed E-state index contributed by atoms with van der Waals surface area (Å²) in [6.45, 7) is 1.87. The van der Waals surface area contributed by atoms with Gasteiger partial charge >= 0.3 is 6.18 Å². The van der Waals surface area contributed by atoms with E-state index in [1.165, 1.54) is 12.1 Å². The van der Waals surface area contributed by atoms with E-state index >= 15 is 0 Å². The first kappa shape index (κ1) is 21.2. The van der Waals surface area contributed by atoms with Gasteiger partial charge in [0.05, 0.1) is 5.56 Å². The number of nitrogens with zero attached hydrogens (tertiary/aromatic N) is 2. The van der Waals surface area contributed by atoms with Crippen LogP contribution in [0.5, 0.6) is 0 Å². The Labute approximate surface area is 170 Å². The van der Waals surface area contributed by atoms with Gasteiger partial charge in [-0.15, -0.1) is 10.2 Å². The van der Waals surface area contributed by atoms with Crippen LogP contribution in [0.15, 0.2) is 53.3 Å². The fourth-order valence-electron chi connectivity index (χ4n) is 2.82. The van der Waals surface area contributed by atoms with Crippen molar-refractivity contribution in [3.8, 4) is 11.4 Å². The quantitative estimate of drug-likeness (QED) is 0.645. The SMILES string of the molecule is Cc1cccc(-c2nnc(CCC(=O)NCc3cccc(C(F)(F)F)c3)c(=O)[nH]2)c1. The van der Waals surface area contributed by atoms with Gasteiger partial charge in [0.25, 0.3) is 5.56 Å². The predicted octanol–water partition coefficient (Wildman–Crippen LogP) is 3.41. The number of rotatable bonds is 6. The number of benzene rings is 2. The van der Waals surface area contributed by atoms with E-state index in [1.807, 2.05) is 25.1 Å². The first-order valence-electron chi connectivity index (χ1n) is 9.18. The Morgan fingerprint density at radius 2 is 1.87 bits per heavy atom. The molecule has 0 saturated heterocycles. The van der Waals surface area contributed by atoms with Crippen molar-refractivity contribution in [3.63, 3.8) is 0 Å². The number of H-pyrrole nitrogens is 1. The summed E-state index contributed by atoms with van der Waals surface area (Å²) in [4.78, 5) is 26.9. The van der Waals surface area contributed by atoms with Gasteiger partial charge in [0.1, 0.15) is 5.69 Å². The maximum atomic E-state index is 12.7. The molecule has 6 nitrogen and oxygen atoms in total. The van der Waals surface area contributed by atoms with Gasteiger partial charge in [0.15, 0.2) is 5.82 Å². The Morgan fingerprint density at radius 3 is 2.57 bits per heavy atom. The third-order valence-corrected chi connectivity index (χ3v) is 4.39. The van der Waals surface area contributed by atoms with Gasteiger partial charge in [-0.3, -0.25) is 9.59 Å². The second-order valence-electron chi connectivity index (χ2n) is 6.79. The molecule has 1 heterocycles. The van der Waals surface area contributed by atoms with Crippen LogP contribution in [-0.2, 0) is 23.9 Å². The predicted molar refractivity (Wildman–Crippen MR) is 104 cm³/mol. The highest BCUT2D eigenvalue weighted by atomic mass is 19.4. The van der Waals surface area contributed by atoms with Gasteiger partial charge in [-0.2, -0.15) is 13.2 Å². The lowest BCUT2D eigenvalue weighted by Gasteiger charge is -2.09. The Hall–Kier alpha value is -3.49. The van der Waals surface area contributed by atoms with Gasteiger partial charge in [0.2, 0.25) is 5.91 Å². The number of amides is 1. The summed E-state index contributed by atoms with van der Waals surface area (Å²) in [7, 11) is 0. The maximum Gasteiger partial charge on any atom is 0.416 e. The molecule has 0 aliphatic rings. The molecule has 0 bridgehead atoms. The van der Waals surface area contributed by atoms with E-state index < -0.39 is 23.2 Å². The van der Waals surface area contributed by atoms with Crippen molar-refractivity contribution in [2.24, 2.45) is 0 Å². The third-order valence-electron chi connectivity index (χ3n) is 4.39. The minimum absolute atomic E-state index is 0.0412. The van der Waals surface area contributed by atoms with Crippen LogP contribution in [-0.4, -0.2) is 21.1 Å². The maximum absolute atomic E-state index is 12.7. The Kier molecular flexibility index (Phi) is 6.29. The number of hydrogen-bond acceptors (Lipinski definition) is 4. The van der Waals surface area contributed by atoms with Crippen molar-refractivity contribution < 1.29 is 18.0 Å². The molecule has 156 valence electrons. The summed E-state index contributed by atoms with van der Waals surface area (Å²) in [5, 5.41) is 10.5. The molecular weight excluding hydrogens is 397 g/mol.